The Hall–Kier alpha value is -3.90. The van der Waals surface area contributed by atoms with E-state index in [-0.39, 0.29) is 5.91 Å². The monoisotopic (exact) mass is 438 g/mol. The average molecular weight is 439 g/mol. The van der Waals surface area contributed by atoms with Crippen molar-refractivity contribution in [2.45, 2.75) is 13.5 Å². The van der Waals surface area contributed by atoms with E-state index in [0.717, 1.165) is 43.5 Å². The minimum absolute atomic E-state index is 0.101. The maximum absolute atomic E-state index is 12.2. The summed E-state index contributed by atoms with van der Waals surface area (Å²) >= 11 is 1.68. The summed E-state index contributed by atoms with van der Waals surface area (Å²) < 4.78 is 2.19. The van der Waals surface area contributed by atoms with E-state index in [1.807, 2.05) is 48.5 Å². The van der Waals surface area contributed by atoms with Gasteiger partial charge in [-0.1, -0.05) is 24.3 Å². The Morgan fingerprint density at radius 2 is 1.88 bits per heavy atom. The summed E-state index contributed by atoms with van der Waals surface area (Å²) in [5.41, 5.74) is 11.0. The van der Waals surface area contributed by atoms with Crippen LogP contribution in [-0.2, 0) is 11.3 Å². The number of nitrogens with one attached hydrogen (secondary N) is 1. The van der Waals surface area contributed by atoms with Crippen molar-refractivity contribution in [2.24, 2.45) is 5.73 Å². The first kappa shape index (κ1) is 20.0. The molecule has 0 bridgehead atoms. The van der Waals surface area contributed by atoms with E-state index in [1.54, 1.807) is 17.4 Å². The van der Waals surface area contributed by atoms with E-state index >= 15 is 0 Å². The molecule has 0 aliphatic rings. The number of nitrogens with two attached hydrogens (primary N) is 1. The van der Waals surface area contributed by atoms with Crippen molar-refractivity contribution in [1.29, 1.82) is 0 Å². The van der Waals surface area contributed by atoms with Gasteiger partial charge in [-0.2, -0.15) is 0 Å². The van der Waals surface area contributed by atoms with Crippen LogP contribution >= 0.6 is 11.3 Å². The van der Waals surface area contributed by atoms with Crippen LogP contribution in [0.5, 0.6) is 0 Å². The van der Waals surface area contributed by atoms with Gasteiger partial charge in [-0.25, -0.2) is 0 Å². The second-order valence-corrected chi connectivity index (χ2v) is 8.60. The number of benzene rings is 3. The second-order valence-electron chi connectivity index (χ2n) is 7.65. The maximum Gasteiger partial charge on any atom is 0.249 e. The summed E-state index contributed by atoms with van der Waals surface area (Å²) in [5, 5.41) is 6.55. The third kappa shape index (κ3) is 3.55. The van der Waals surface area contributed by atoms with Crippen molar-refractivity contribution in [3.63, 3.8) is 0 Å². The molecule has 157 valence electrons. The summed E-state index contributed by atoms with van der Waals surface area (Å²) in [6, 6.07) is 25.0. The van der Waals surface area contributed by atoms with Gasteiger partial charge >= 0.3 is 0 Å². The SMILES string of the molecule is CC(=O)Nc1ccc(Cn2c3cc(-c4cccs4)c[c]c3c3c(C(N)=O)cccc32)cc1. The van der Waals surface area contributed by atoms with Crippen LogP contribution < -0.4 is 11.1 Å². The van der Waals surface area contributed by atoms with Gasteiger partial charge in [0.2, 0.25) is 11.8 Å². The number of hydrogen-bond acceptors (Lipinski definition) is 3. The normalized spacial score (nSPS) is 11.2. The summed E-state index contributed by atoms with van der Waals surface area (Å²) in [6.45, 7) is 2.09. The summed E-state index contributed by atoms with van der Waals surface area (Å²) in [5.74, 6) is -0.555. The summed E-state index contributed by atoms with van der Waals surface area (Å²) in [7, 11) is 0. The third-order valence-corrected chi connectivity index (χ3v) is 6.40. The number of amides is 2. The highest BCUT2D eigenvalue weighted by atomic mass is 32.1. The Labute approximate surface area is 189 Å². The van der Waals surface area contributed by atoms with Gasteiger partial charge in [0.1, 0.15) is 0 Å². The van der Waals surface area contributed by atoms with Crippen molar-refractivity contribution in [3.8, 4) is 10.4 Å². The van der Waals surface area contributed by atoms with Gasteiger partial charge in [0, 0.05) is 40.4 Å². The molecule has 0 spiro atoms. The molecule has 2 amide bonds. The number of carbonyl (C=O) groups is 2. The van der Waals surface area contributed by atoms with Crippen molar-refractivity contribution in [3.05, 3.63) is 89.3 Å². The average Bonchev–Trinajstić information content (AvgIpc) is 3.42. The van der Waals surface area contributed by atoms with E-state index in [2.05, 4.69) is 33.5 Å². The number of nitrogens with zero attached hydrogens (tertiary/aromatic N) is 1. The third-order valence-electron chi connectivity index (χ3n) is 5.48. The van der Waals surface area contributed by atoms with E-state index in [1.165, 1.54) is 6.92 Å². The number of carbonyl (C=O) groups excluding carboxylic acids is 2. The molecule has 3 aromatic carbocycles. The van der Waals surface area contributed by atoms with Crippen LogP contribution in [0.25, 0.3) is 32.2 Å². The molecule has 0 saturated carbocycles. The molecule has 5 aromatic rings. The Morgan fingerprint density at radius 1 is 1.06 bits per heavy atom. The lowest BCUT2D eigenvalue weighted by Gasteiger charge is -2.10. The van der Waals surface area contributed by atoms with Crippen LogP contribution in [0, 0.1) is 6.07 Å². The lowest BCUT2D eigenvalue weighted by atomic mass is 10.0. The molecule has 2 heterocycles. The molecule has 0 saturated heterocycles. The number of rotatable bonds is 5. The van der Waals surface area contributed by atoms with Gasteiger partial charge in [0.05, 0.1) is 11.0 Å². The highest BCUT2D eigenvalue weighted by molar-refractivity contribution is 7.13. The summed E-state index contributed by atoms with van der Waals surface area (Å²) in [4.78, 5) is 24.6. The number of thiophene rings is 1. The molecular formula is C26H20N3O2S. The number of anilines is 1. The fraction of sp³-hybridized carbons (Fsp3) is 0.0769. The highest BCUT2D eigenvalue weighted by Crippen LogP contribution is 2.35. The topological polar surface area (TPSA) is 77.1 Å². The zero-order chi connectivity index (χ0) is 22.2. The first-order valence-corrected chi connectivity index (χ1v) is 11.1. The molecule has 0 fully saturated rings. The standard InChI is InChI=1S/C26H20N3O2S/c1-16(30)28-19-10-7-17(8-11-19)15-29-22-5-2-4-21(26(27)31)25(22)20-12-9-18(14-23(20)29)24-6-3-13-32-24/h2-11,13-14H,15H2,1H3,(H2,27,31)(H,28,30). The number of primary amides is 1. The van der Waals surface area contributed by atoms with Crippen LogP contribution in [0.15, 0.2) is 72.1 Å². The number of fused-ring (bicyclic) bond motifs is 3. The first-order chi connectivity index (χ1) is 15.5. The minimum atomic E-state index is -0.454. The predicted octanol–water partition coefficient (Wildman–Crippen LogP) is 5.43. The molecule has 1 radical (unpaired) electrons. The fourth-order valence-electron chi connectivity index (χ4n) is 4.10. The van der Waals surface area contributed by atoms with Gasteiger partial charge in [0.15, 0.2) is 0 Å². The minimum Gasteiger partial charge on any atom is -0.366 e. The van der Waals surface area contributed by atoms with Crippen molar-refractivity contribution < 1.29 is 9.59 Å². The summed E-state index contributed by atoms with van der Waals surface area (Å²) in [6.07, 6.45) is 0. The molecule has 3 N–H and O–H groups in total. The van der Waals surface area contributed by atoms with Gasteiger partial charge in [-0.3, -0.25) is 9.59 Å². The maximum atomic E-state index is 12.2. The Bertz CT molecular complexity index is 1470. The van der Waals surface area contributed by atoms with Gasteiger partial charge in [-0.05, 0) is 65.0 Å². The van der Waals surface area contributed by atoms with Crippen molar-refractivity contribution in [2.75, 3.05) is 5.32 Å². The molecule has 6 heteroatoms. The van der Waals surface area contributed by atoms with Crippen LogP contribution in [0.2, 0.25) is 0 Å². The smallest absolute Gasteiger partial charge is 0.249 e. The van der Waals surface area contributed by atoms with Crippen LogP contribution in [0.3, 0.4) is 0 Å². The van der Waals surface area contributed by atoms with E-state index < -0.39 is 5.91 Å². The van der Waals surface area contributed by atoms with Gasteiger partial charge in [-0.15, -0.1) is 11.3 Å². The Morgan fingerprint density at radius 3 is 2.56 bits per heavy atom. The quantitative estimate of drug-likeness (QED) is 0.384. The van der Waals surface area contributed by atoms with E-state index in [9.17, 15) is 9.59 Å². The molecule has 2 aromatic heterocycles. The molecular weight excluding hydrogens is 418 g/mol. The number of hydrogen-bond donors (Lipinski definition) is 2. The zero-order valence-corrected chi connectivity index (χ0v) is 18.2. The Kier molecular flexibility index (Phi) is 4.99. The number of aromatic nitrogens is 1. The molecule has 5 rings (SSSR count). The van der Waals surface area contributed by atoms with Crippen molar-refractivity contribution in [1.82, 2.24) is 4.57 Å². The lowest BCUT2D eigenvalue weighted by molar-refractivity contribution is -0.114. The molecule has 0 aliphatic heterocycles. The molecule has 0 atom stereocenters. The largest absolute Gasteiger partial charge is 0.366 e. The Balaban J connectivity index is 1.70. The van der Waals surface area contributed by atoms with Crippen molar-refractivity contribution >= 4 is 50.6 Å². The second kappa shape index (κ2) is 7.98. The molecule has 5 nitrogen and oxygen atoms in total. The predicted molar refractivity (Wildman–Crippen MR) is 130 cm³/mol. The van der Waals surface area contributed by atoms with E-state index in [0.29, 0.717) is 12.1 Å². The van der Waals surface area contributed by atoms with Crippen LogP contribution in [-0.4, -0.2) is 16.4 Å². The van der Waals surface area contributed by atoms with Crippen LogP contribution in [0.4, 0.5) is 5.69 Å². The van der Waals surface area contributed by atoms with Gasteiger partial charge in [0.25, 0.3) is 0 Å². The van der Waals surface area contributed by atoms with E-state index in [4.69, 9.17) is 5.73 Å². The molecule has 32 heavy (non-hydrogen) atoms. The van der Waals surface area contributed by atoms with Crippen LogP contribution in [0.1, 0.15) is 22.8 Å². The zero-order valence-electron chi connectivity index (χ0n) is 17.4. The fourth-order valence-corrected chi connectivity index (χ4v) is 4.81. The first-order valence-electron chi connectivity index (χ1n) is 10.2. The molecule has 0 unspecified atom stereocenters. The highest BCUT2D eigenvalue weighted by Gasteiger charge is 2.17. The van der Waals surface area contributed by atoms with Gasteiger partial charge < -0.3 is 15.6 Å². The lowest BCUT2D eigenvalue weighted by Crippen LogP contribution is -2.11. The molecule has 0 aliphatic carbocycles.